The van der Waals surface area contributed by atoms with Gasteiger partial charge in [0.05, 0.1) is 18.3 Å². The molecular weight excluding hydrogens is 682 g/mol. The van der Waals surface area contributed by atoms with E-state index >= 15 is 0 Å². The summed E-state index contributed by atoms with van der Waals surface area (Å²) in [4.78, 5) is 75.8. The van der Waals surface area contributed by atoms with E-state index in [1.54, 1.807) is 0 Å². The average molecular weight is 732 g/mol. The predicted octanol–water partition coefficient (Wildman–Crippen LogP) is 4.61. The van der Waals surface area contributed by atoms with Crippen LogP contribution in [0.4, 0.5) is 0 Å². The fourth-order valence-electron chi connectivity index (χ4n) is 7.76. The van der Waals surface area contributed by atoms with Crippen LogP contribution >= 0.6 is 11.6 Å². The molecule has 278 valence electrons. The second kappa shape index (κ2) is 14.6. The standard InChI is InChI=1S/C40H50ClN5O6/c1-7-26-22(2)15-25(17-29(26)41)31-19-40(52-45-31)20-32(36(49)43-30(16-23-13-14-23)33(47)37(50)42-6)46(21-40)38(51)34(39(3,4)5)44-35(48)28-18-27(28)24-11-9-8-10-12-24/h8-12,15,17,23,27-28,30,32,34H,7,13-14,16,18-21H2,1-6H3,(H,42,50)(H,43,49)(H,44,48)/t27-,28+,30+,32+,34-,40-/m1/s1. The number of oxime groups is 1. The summed E-state index contributed by atoms with van der Waals surface area (Å²) in [5.74, 6) is -2.64. The first-order valence-electron chi connectivity index (χ1n) is 18.4. The van der Waals surface area contributed by atoms with Gasteiger partial charge in [-0.2, -0.15) is 0 Å². The van der Waals surface area contributed by atoms with Crippen molar-refractivity contribution in [3.8, 4) is 0 Å². The predicted molar refractivity (Wildman–Crippen MR) is 198 cm³/mol. The highest BCUT2D eigenvalue weighted by molar-refractivity contribution is 6.38. The number of carbonyl (C=O) groups is 5. The van der Waals surface area contributed by atoms with Gasteiger partial charge < -0.3 is 25.7 Å². The zero-order valence-electron chi connectivity index (χ0n) is 30.9. The number of Topliss-reactive ketones (excluding diaryl/α,β-unsaturated/α-hetero) is 1. The number of benzene rings is 2. The van der Waals surface area contributed by atoms with Crippen LogP contribution in [0.3, 0.4) is 0 Å². The van der Waals surface area contributed by atoms with E-state index in [-0.39, 0.29) is 36.6 Å². The van der Waals surface area contributed by atoms with Crippen LogP contribution < -0.4 is 16.0 Å². The average Bonchev–Trinajstić information content (AvgIpc) is 4.03. The van der Waals surface area contributed by atoms with Crippen LogP contribution in [0, 0.1) is 24.2 Å². The Hall–Kier alpha value is -4.25. The third-order valence-corrected chi connectivity index (χ3v) is 11.4. The molecule has 4 aliphatic rings. The number of carbonyl (C=O) groups excluding carboxylic acids is 5. The van der Waals surface area contributed by atoms with E-state index in [9.17, 15) is 24.0 Å². The number of likely N-dealkylation sites (tertiary alicyclic amines) is 1. The molecule has 12 heteroatoms. The highest BCUT2D eigenvalue weighted by Crippen LogP contribution is 2.48. The topological polar surface area (TPSA) is 146 Å². The van der Waals surface area contributed by atoms with Crippen LogP contribution in [-0.2, 0) is 35.2 Å². The molecule has 52 heavy (non-hydrogen) atoms. The zero-order chi connectivity index (χ0) is 37.5. The Morgan fingerprint density at radius 1 is 1.06 bits per heavy atom. The summed E-state index contributed by atoms with van der Waals surface area (Å²) < 4.78 is 0. The van der Waals surface area contributed by atoms with Crippen LogP contribution in [-0.4, -0.2) is 77.3 Å². The van der Waals surface area contributed by atoms with Crippen molar-refractivity contribution in [2.45, 2.75) is 109 Å². The van der Waals surface area contributed by atoms with Gasteiger partial charge in [0.25, 0.3) is 5.91 Å². The van der Waals surface area contributed by atoms with Crippen molar-refractivity contribution in [1.29, 1.82) is 0 Å². The molecule has 2 saturated carbocycles. The molecule has 2 aromatic carbocycles. The normalized spacial score (nSPS) is 24.8. The van der Waals surface area contributed by atoms with Gasteiger partial charge in [0, 0.05) is 36.4 Å². The fourth-order valence-corrected chi connectivity index (χ4v) is 8.16. The van der Waals surface area contributed by atoms with Crippen LogP contribution in [0.5, 0.6) is 0 Å². The van der Waals surface area contributed by atoms with Gasteiger partial charge in [0.15, 0.2) is 5.60 Å². The number of aryl methyl sites for hydroxylation is 1. The van der Waals surface area contributed by atoms with E-state index in [1.807, 2.05) is 77.1 Å². The Balaban J connectivity index is 1.27. The molecule has 2 heterocycles. The maximum absolute atomic E-state index is 14.7. The second-order valence-corrected chi connectivity index (χ2v) is 16.5. The Kier molecular flexibility index (Phi) is 10.6. The number of nitrogens with one attached hydrogen (secondary N) is 3. The highest BCUT2D eigenvalue weighted by atomic mass is 35.5. The number of hydrogen-bond acceptors (Lipinski definition) is 7. The summed E-state index contributed by atoms with van der Waals surface area (Å²) in [6.07, 6.45) is 4.07. The van der Waals surface area contributed by atoms with Gasteiger partial charge >= 0.3 is 0 Å². The first-order chi connectivity index (χ1) is 24.6. The highest BCUT2D eigenvalue weighted by Gasteiger charge is 2.56. The van der Waals surface area contributed by atoms with E-state index in [2.05, 4.69) is 21.1 Å². The number of hydrogen-bond donors (Lipinski definition) is 3. The Labute approximate surface area is 310 Å². The molecule has 3 N–H and O–H groups in total. The van der Waals surface area contributed by atoms with Crippen molar-refractivity contribution in [2.75, 3.05) is 13.6 Å². The third-order valence-electron chi connectivity index (χ3n) is 11.0. The lowest BCUT2D eigenvalue weighted by atomic mass is 9.85. The summed E-state index contributed by atoms with van der Waals surface area (Å²) in [6.45, 7) is 9.72. The van der Waals surface area contributed by atoms with Gasteiger partial charge in [0.1, 0.15) is 12.1 Å². The molecule has 0 radical (unpaired) electrons. The van der Waals surface area contributed by atoms with E-state index in [0.29, 0.717) is 30.0 Å². The molecule has 1 saturated heterocycles. The number of likely N-dealkylation sites (N-methyl/N-ethyl adjacent to an activating group) is 1. The third kappa shape index (κ3) is 7.89. The van der Waals surface area contributed by atoms with Crippen molar-refractivity contribution in [2.24, 2.45) is 22.4 Å². The van der Waals surface area contributed by atoms with Gasteiger partial charge in [-0.15, -0.1) is 0 Å². The van der Waals surface area contributed by atoms with Gasteiger partial charge in [-0.3, -0.25) is 24.0 Å². The minimum Gasteiger partial charge on any atom is -0.387 e. The van der Waals surface area contributed by atoms with Crippen LogP contribution in [0.1, 0.15) is 94.4 Å². The maximum atomic E-state index is 14.7. The quantitative estimate of drug-likeness (QED) is 0.272. The lowest BCUT2D eigenvalue weighted by molar-refractivity contribution is -0.145. The number of halogens is 1. The minimum atomic E-state index is -1.05. The molecule has 0 bridgehead atoms. The Morgan fingerprint density at radius 2 is 1.77 bits per heavy atom. The lowest BCUT2D eigenvalue weighted by Crippen LogP contribution is -2.59. The zero-order valence-corrected chi connectivity index (χ0v) is 31.6. The molecule has 3 fully saturated rings. The van der Waals surface area contributed by atoms with Gasteiger partial charge in [0.2, 0.25) is 23.5 Å². The van der Waals surface area contributed by atoms with Crippen molar-refractivity contribution in [1.82, 2.24) is 20.9 Å². The summed E-state index contributed by atoms with van der Waals surface area (Å²) in [7, 11) is 1.38. The van der Waals surface area contributed by atoms with Gasteiger partial charge in [-0.05, 0) is 72.3 Å². The van der Waals surface area contributed by atoms with E-state index in [1.165, 1.54) is 11.9 Å². The van der Waals surface area contributed by atoms with Gasteiger partial charge in [-0.25, -0.2) is 0 Å². The molecule has 4 amide bonds. The maximum Gasteiger partial charge on any atom is 0.289 e. The van der Waals surface area contributed by atoms with Crippen molar-refractivity contribution in [3.63, 3.8) is 0 Å². The molecule has 2 aliphatic heterocycles. The number of ketones is 1. The van der Waals surface area contributed by atoms with Crippen molar-refractivity contribution in [3.05, 3.63) is 69.7 Å². The first-order valence-corrected chi connectivity index (χ1v) is 18.8. The van der Waals surface area contributed by atoms with E-state index in [0.717, 1.165) is 41.5 Å². The Bertz CT molecular complexity index is 1760. The van der Waals surface area contributed by atoms with Crippen LogP contribution in [0.2, 0.25) is 5.02 Å². The summed E-state index contributed by atoms with van der Waals surface area (Å²) in [6, 6.07) is 10.7. The minimum absolute atomic E-state index is 0.0336. The van der Waals surface area contributed by atoms with E-state index < -0.39 is 52.6 Å². The molecule has 0 aromatic heterocycles. The molecular formula is C40H50ClN5O6. The molecule has 2 aromatic rings. The first kappa shape index (κ1) is 37.5. The van der Waals surface area contributed by atoms with E-state index in [4.69, 9.17) is 16.4 Å². The van der Waals surface area contributed by atoms with Crippen molar-refractivity contribution < 1.29 is 28.8 Å². The summed E-state index contributed by atoms with van der Waals surface area (Å²) in [5.41, 5.74) is 2.89. The largest absolute Gasteiger partial charge is 0.387 e. The number of rotatable bonds is 12. The van der Waals surface area contributed by atoms with Crippen molar-refractivity contribution >= 4 is 46.7 Å². The summed E-state index contributed by atoms with van der Waals surface area (Å²) >= 11 is 6.64. The molecule has 2 aliphatic carbocycles. The molecule has 11 nitrogen and oxygen atoms in total. The SMILES string of the molecule is CCc1c(C)cc(C2=NO[C@]3(C2)C[C@@H](C(=O)N[C@@H](CC2CC2)C(=O)C(=O)NC)N(C(=O)[C@@H](NC(=O)[C@H]2C[C@@H]2c2ccccc2)C(C)(C)C)C3)cc1Cl. The Morgan fingerprint density at radius 3 is 2.38 bits per heavy atom. The smallest absolute Gasteiger partial charge is 0.289 e. The van der Waals surface area contributed by atoms with Crippen LogP contribution in [0.25, 0.3) is 0 Å². The molecule has 6 rings (SSSR count). The molecule has 1 spiro atoms. The lowest BCUT2D eigenvalue weighted by Gasteiger charge is -2.35. The second-order valence-electron chi connectivity index (χ2n) is 16.1. The number of nitrogens with zero attached hydrogens (tertiary/aromatic N) is 2. The fraction of sp³-hybridized carbons (Fsp3) is 0.550. The molecule has 0 unspecified atom stereocenters. The number of amides is 4. The monoisotopic (exact) mass is 731 g/mol. The van der Waals surface area contributed by atoms with Gasteiger partial charge in [-0.1, -0.05) is 87.6 Å². The van der Waals surface area contributed by atoms with Crippen LogP contribution in [0.15, 0.2) is 47.6 Å². The molecule has 6 atom stereocenters. The summed E-state index contributed by atoms with van der Waals surface area (Å²) in [5, 5.41) is 13.4.